The van der Waals surface area contributed by atoms with E-state index >= 15 is 4.39 Å². The van der Waals surface area contributed by atoms with Crippen LogP contribution in [0.3, 0.4) is 0 Å². The lowest BCUT2D eigenvalue weighted by molar-refractivity contribution is -0.172. The van der Waals surface area contributed by atoms with Gasteiger partial charge in [0.05, 0.1) is 35.1 Å². The highest BCUT2D eigenvalue weighted by Gasteiger charge is 2.46. The van der Waals surface area contributed by atoms with Crippen LogP contribution in [0.15, 0.2) is 65.5 Å². The van der Waals surface area contributed by atoms with Gasteiger partial charge in [-0.25, -0.2) is 19.0 Å². The topological polar surface area (TPSA) is 230 Å². The van der Waals surface area contributed by atoms with Crippen molar-refractivity contribution in [3.05, 3.63) is 121 Å². The predicted molar refractivity (Wildman–Crippen MR) is 228 cm³/mol. The van der Waals surface area contributed by atoms with Crippen LogP contribution in [0.5, 0.6) is 0 Å². The van der Waals surface area contributed by atoms with Gasteiger partial charge in [0, 0.05) is 34.9 Å². The first-order valence-corrected chi connectivity index (χ1v) is 21.1. The number of pyridine rings is 2. The van der Waals surface area contributed by atoms with E-state index in [1.165, 1.54) is 10.6 Å². The Morgan fingerprint density at radius 3 is 2.47 bits per heavy atom. The Balaban J connectivity index is 0.871. The zero-order valence-corrected chi connectivity index (χ0v) is 35.0. The lowest BCUT2D eigenvalue weighted by Crippen LogP contribution is -2.48. The largest absolute Gasteiger partial charge is 0.458 e. The van der Waals surface area contributed by atoms with Crippen LogP contribution in [-0.4, -0.2) is 70.4 Å². The maximum atomic E-state index is 15.3. The highest BCUT2D eigenvalue weighted by atomic mass is 19.1. The quantitative estimate of drug-likeness (QED) is 0.0635. The van der Waals surface area contributed by atoms with E-state index < -0.39 is 72.2 Å². The monoisotopic (exact) mass is 872 g/mol. The molecule has 0 bridgehead atoms. The Morgan fingerprint density at radius 2 is 1.77 bits per heavy atom. The molecule has 6 N–H and O–H groups in total. The first kappa shape index (κ1) is 42.3. The van der Waals surface area contributed by atoms with Crippen molar-refractivity contribution < 1.29 is 47.7 Å². The summed E-state index contributed by atoms with van der Waals surface area (Å²) in [5, 5.41) is 20.1. The molecule has 64 heavy (non-hydrogen) atoms. The Hall–Kier alpha value is -6.98. The van der Waals surface area contributed by atoms with Gasteiger partial charge in [-0.2, -0.15) is 0 Å². The number of cyclic esters (lactones) is 1. The maximum Gasteiger partial charge on any atom is 0.407 e. The zero-order chi connectivity index (χ0) is 45.0. The number of halogens is 1. The number of esters is 1. The highest BCUT2D eigenvalue weighted by molar-refractivity contribution is 5.94. The standard InChI is InChI=1S/C47H45FN6O10/c1-3-47(61)32-16-37-42-29(18-54(37)44(58)31(32)20-63-45(47)59)41-34(13-12-24-23(2)33(48)17-36(52-42)40(24)41)51-39(56)21-62-22-50-43(57)35(14-15-38(49)55)53-46(60)64-19-30-27-10-6-4-8-25(27)26-9-5-7-11-28(26)30/h4-11,16-17,30,34-35,61H,3,12-15,18-22H2,1-2H3,(H2,49,55)(H,50,57)(H,51,56)(H,53,60)/t34-,35-,47-/m0/s1. The number of fused-ring (bicyclic) bond motifs is 8. The van der Waals surface area contributed by atoms with Crippen molar-refractivity contribution in [3.63, 3.8) is 0 Å². The first-order valence-electron chi connectivity index (χ1n) is 21.1. The number of amides is 4. The molecule has 3 aromatic carbocycles. The fourth-order valence-corrected chi connectivity index (χ4v) is 9.66. The minimum Gasteiger partial charge on any atom is -0.458 e. The van der Waals surface area contributed by atoms with E-state index in [2.05, 4.69) is 16.0 Å². The number of carbonyl (C=O) groups is 5. The third-order valence-electron chi connectivity index (χ3n) is 12.9. The van der Waals surface area contributed by atoms with Crippen LogP contribution in [0.4, 0.5) is 9.18 Å². The number of hydrogen-bond acceptors (Lipinski definition) is 11. The maximum absolute atomic E-state index is 15.3. The van der Waals surface area contributed by atoms with E-state index in [9.17, 15) is 33.9 Å². The number of rotatable bonds is 13. The molecule has 5 aromatic rings. The molecule has 0 saturated carbocycles. The van der Waals surface area contributed by atoms with Gasteiger partial charge >= 0.3 is 12.1 Å². The molecule has 4 aliphatic rings. The van der Waals surface area contributed by atoms with Crippen LogP contribution in [0.25, 0.3) is 33.4 Å². The minimum absolute atomic E-state index is 0.00729. The molecule has 330 valence electrons. The molecule has 16 nitrogen and oxygen atoms in total. The van der Waals surface area contributed by atoms with E-state index in [1.54, 1.807) is 19.9 Å². The molecule has 9 rings (SSSR count). The molecule has 0 unspecified atom stereocenters. The number of nitrogens with one attached hydrogen (secondary N) is 3. The smallest absolute Gasteiger partial charge is 0.407 e. The lowest BCUT2D eigenvalue weighted by atomic mass is 9.81. The number of aryl methyl sites for hydroxylation is 1. The van der Waals surface area contributed by atoms with Crippen LogP contribution in [0, 0.1) is 12.7 Å². The number of primary amides is 1. The van der Waals surface area contributed by atoms with E-state index in [4.69, 9.17) is 24.9 Å². The second-order valence-electron chi connectivity index (χ2n) is 16.5. The van der Waals surface area contributed by atoms with E-state index in [0.717, 1.165) is 27.8 Å². The molecule has 0 saturated heterocycles. The summed E-state index contributed by atoms with van der Waals surface area (Å²) in [5.74, 6) is -3.42. The fourth-order valence-electron chi connectivity index (χ4n) is 9.66. The Morgan fingerprint density at radius 1 is 1.05 bits per heavy atom. The van der Waals surface area contributed by atoms with Gasteiger partial charge < -0.3 is 45.6 Å². The third-order valence-corrected chi connectivity index (χ3v) is 12.9. The summed E-state index contributed by atoms with van der Waals surface area (Å²) in [6.45, 7) is 2.16. The molecule has 2 aliphatic carbocycles. The number of benzene rings is 3. The molecule has 17 heteroatoms. The Kier molecular flexibility index (Phi) is 11.0. The molecule has 2 aliphatic heterocycles. The lowest BCUT2D eigenvalue weighted by Gasteiger charge is -2.31. The summed E-state index contributed by atoms with van der Waals surface area (Å²) in [5.41, 5.74) is 10.8. The van der Waals surface area contributed by atoms with Crippen molar-refractivity contribution in [2.45, 2.75) is 82.7 Å². The van der Waals surface area contributed by atoms with Crippen LogP contribution < -0.4 is 27.2 Å². The number of hydrogen-bond donors (Lipinski definition) is 5. The molecule has 2 aromatic heterocycles. The number of alkyl carbamates (subject to hydrolysis) is 1. The van der Waals surface area contributed by atoms with Crippen molar-refractivity contribution in [2.24, 2.45) is 5.73 Å². The number of aromatic nitrogens is 2. The average molecular weight is 873 g/mol. The molecule has 3 atom stereocenters. The van der Waals surface area contributed by atoms with Crippen LogP contribution in [-0.2, 0) is 58.6 Å². The van der Waals surface area contributed by atoms with Gasteiger partial charge in [-0.05, 0) is 77.6 Å². The normalized spacial score (nSPS) is 18.2. The molecule has 0 radical (unpaired) electrons. The molecule has 4 heterocycles. The van der Waals surface area contributed by atoms with Crippen molar-refractivity contribution in [1.82, 2.24) is 25.5 Å². The summed E-state index contributed by atoms with van der Waals surface area (Å²) < 4.78 is 33.2. The molecule has 0 fully saturated rings. The molecular formula is C47H45FN6O10. The summed E-state index contributed by atoms with van der Waals surface area (Å²) in [6, 6.07) is 16.8. The van der Waals surface area contributed by atoms with Gasteiger partial charge in [-0.1, -0.05) is 55.5 Å². The Bertz CT molecular complexity index is 2830. The van der Waals surface area contributed by atoms with Crippen LogP contribution in [0.1, 0.15) is 89.1 Å². The van der Waals surface area contributed by atoms with Gasteiger partial charge in [0.2, 0.25) is 17.7 Å². The number of carbonyl (C=O) groups excluding carboxylic acids is 5. The summed E-state index contributed by atoms with van der Waals surface area (Å²) >= 11 is 0. The van der Waals surface area contributed by atoms with Gasteiger partial charge in [-0.15, -0.1) is 0 Å². The second-order valence-corrected chi connectivity index (χ2v) is 16.5. The van der Waals surface area contributed by atoms with Gasteiger partial charge in [0.15, 0.2) is 5.60 Å². The second kappa shape index (κ2) is 16.6. The van der Waals surface area contributed by atoms with Gasteiger partial charge in [0.1, 0.15) is 38.4 Å². The summed E-state index contributed by atoms with van der Waals surface area (Å²) in [6.07, 6.45) is -0.420. The minimum atomic E-state index is -2.04. The average Bonchev–Trinajstić information content (AvgIpc) is 3.82. The van der Waals surface area contributed by atoms with Crippen molar-refractivity contribution in [3.8, 4) is 22.5 Å². The van der Waals surface area contributed by atoms with Crippen LogP contribution in [0.2, 0.25) is 0 Å². The van der Waals surface area contributed by atoms with Gasteiger partial charge in [-0.3, -0.25) is 19.2 Å². The number of aliphatic hydroxyl groups is 1. The SMILES string of the molecule is CC[C@@]1(O)C(=O)OCc2c1cc1n(c2=O)Cc2c-1nc1cc(F)c(C)c3c1c2[C@@H](NC(=O)COCNC(=O)[C@H](CCC(N)=O)NC(=O)OCC1c2ccccc2-c2ccccc21)CC3. The zero-order valence-electron chi connectivity index (χ0n) is 35.0. The van der Waals surface area contributed by atoms with E-state index in [0.29, 0.717) is 51.8 Å². The number of nitrogens with two attached hydrogens (primary N) is 1. The van der Waals surface area contributed by atoms with Crippen LogP contribution >= 0.6 is 0 Å². The fraction of sp³-hybridized carbons (Fsp3) is 0.340. The van der Waals surface area contributed by atoms with Crippen molar-refractivity contribution in [2.75, 3.05) is 19.9 Å². The summed E-state index contributed by atoms with van der Waals surface area (Å²) in [4.78, 5) is 83.0. The number of nitrogens with zero attached hydrogens (tertiary/aromatic N) is 2. The van der Waals surface area contributed by atoms with Gasteiger partial charge in [0.25, 0.3) is 5.56 Å². The first-order chi connectivity index (χ1) is 30.8. The van der Waals surface area contributed by atoms with Crippen molar-refractivity contribution in [1.29, 1.82) is 0 Å². The number of ether oxygens (including phenoxy) is 3. The molecule has 0 spiro atoms. The predicted octanol–water partition coefficient (Wildman–Crippen LogP) is 3.89. The highest BCUT2D eigenvalue weighted by Crippen LogP contribution is 2.47. The summed E-state index contributed by atoms with van der Waals surface area (Å²) in [7, 11) is 0. The van der Waals surface area contributed by atoms with E-state index in [-0.39, 0.29) is 56.1 Å². The Labute approximate surface area is 365 Å². The van der Waals surface area contributed by atoms with E-state index in [1.807, 2.05) is 48.5 Å². The third kappa shape index (κ3) is 7.23. The molecule has 4 amide bonds. The molecular weight excluding hydrogens is 828 g/mol. The van der Waals surface area contributed by atoms with Crippen molar-refractivity contribution >= 4 is 40.7 Å².